The Morgan fingerprint density at radius 2 is 0.850 bits per heavy atom. The summed E-state index contributed by atoms with van der Waals surface area (Å²) in [5, 5.41) is 0. The van der Waals surface area contributed by atoms with Gasteiger partial charge in [-0.2, -0.15) is 0 Å². The molecule has 0 spiro atoms. The summed E-state index contributed by atoms with van der Waals surface area (Å²) in [6.45, 7) is 15.4. The van der Waals surface area contributed by atoms with E-state index in [2.05, 4.69) is 62.7 Å². The molecule has 0 heterocycles. The van der Waals surface area contributed by atoms with E-state index < -0.39 is 0 Å². The van der Waals surface area contributed by atoms with Crippen LogP contribution in [0, 0.1) is 0 Å². The van der Waals surface area contributed by atoms with Crippen LogP contribution in [0.1, 0.15) is 22.3 Å². The van der Waals surface area contributed by atoms with Crippen LogP contribution in [-0.4, -0.2) is 0 Å². The highest BCUT2D eigenvalue weighted by Crippen LogP contribution is 2.26. The molecule has 98 valence electrons. The minimum absolute atomic E-state index is 1.09. The van der Waals surface area contributed by atoms with Gasteiger partial charge in [-0.25, -0.2) is 0 Å². The molecule has 0 unspecified atom stereocenters. The van der Waals surface area contributed by atoms with Crippen LogP contribution in [-0.2, 0) is 0 Å². The van der Waals surface area contributed by atoms with Crippen LogP contribution < -0.4 is 0 Å². The second-order valence-electron chi connectivity index (χ2n) is 4.50. The van der Waals surface area contributed by atoms with Crippen LogP contribution in [0.25, 0.3) is 35.4 Å². The van der Waals surface area contributed by atoms with Gasteiger partial charge in [0.1, 0.15) is 0 Å². The fraction of sp³-hybridized carbons (Fsp3) is 0. The minimum Gasteiger partial charge on any atom is -0.0984 e. The number of rotatable bonds is 5. The molecule has 0 bridgehead atoms. The SMILES string of the molecule is C=Cc1ccc(-c2ccc(C=C)c(C=C)c2)cc1C=C. The number of hydrogen-bond donors (Lipinski definition) is 0. The Labute approximate surface area is 121 Å². The maximum absolute atomic E-state index is 3.86. The van der Waals surface area contributed by atoms with Crippen LogP contribution >= 0.6 is 0 Å². The van der Waals surface area contributed by atoms with Crippen molar-refractivity contribution in [1.82, 2.24) is 0 Å². The first-order valence-electron chi connectivity index (χ1n) is 6.51. The minimum atomic E-state index is 1.09. The van der Waals surface area contributed by atoms with Gasteiger partial charge in [0.15, 0.2) is 0 Å². The summed E-state index contributed by atoms with van der Waals surface area (Å²) in [5.74, 6) is 0. The van der Waals surface area contributed by atoms with Crippen molar-refractivity contribution >= 4 is 24.3 Å². The first kappa shape index (κ1) is 13.8. The van der Waals surface area contributed by atoms with Gasteiger partial charge in [-0.15, -0.1) is 0 Å². The Morgan fingerprint density at radius 1 is 0.500 bits per heavy atom. The molecule has 0 heteroatoms. The van der Waals surface area contributed by atoms with E-state index in [1.54, 1.807) is 0 Å². The molecule has 0 aliphatic rings. The van der Waals surface area contributed by atoms with Crippen LogP contribution in [0.5, 0.6) is 0 Å². The largest absolute Gasteiger partial charge is 0.0984 e. The molecule has 0 saturated heterocycles. The van der Waals surface area contributed by atoms with Gasteiger partial charge in [0, 0.05) is 0 Å². The summed E-state index contributed by atoms with van der Waals surface area (Å²) in [5.41, 5.74) is 6.68. The molecule has 0 radical (unpaired) electrons. The van der Waals surface area contributed by atoms with E-state index >= 15 is 0 Å². The molecule has 20 heavy (non-hydrogen) atoms. The third kappa shape index (κ3) is 2.55. The molecule has 0 N–H and O–H groups in total. The Morgan fingerprint density at radius 3 is 1.15 bits per heavy atom. The van der Waals surface area contributed by atoms with Crippen molar-refractivity contribution in [3.63, 3.8) is 0 Å². The number of hydrogen-bond acceptors (Lipinski definition) is 0. The fourth-order valence-electron chi connectivity index (χ4n) is 2.23. The van der Waals surface area contributed by atoms with Gasteiger partial charge < -0.3 is 0 Å². The lowest BCUT2D eigenvalue weighted by Crippen LogP contribution is -1.86. The molecule has 0 aliphatic carbocycles. The summed E-state index contributed by atoms with van der Waals surface area (Å²) in [7, 11) is 0. The lowest BCUT2D eigenvalue weighted by Gasteiger charge is -2.09. The predicted octanol–water partition coefficient (Wildman–Crippen LogP) is 5.93. The molecule has 2 aromatic rings. The molecule has 0 aromatic heterocycles. The van der Waals surface area contributed by atoms with Crippen molar-refractivity contribution < 1.29 is 0 Å². The quantitative estimate of drug-likeness (QED) is 0.624. The normalized spacial score (nSPS) is 9.80. The Hall–Kier alpha value is -2.60. The Balaban J connectivity index is 2.56. The zero-order valence-electron chi connectivity index (χ0n) is 11.6. The summed E-state index contributed by atoms with van der Waals surface area (Å²) >= 11 is 0. The van der Waals surface area contributed by atoms with E-state index in [1.807, 2.05) is 24.3 Å². The second kappa shape index (κ2) is 6.03. The van der Waals surface area contributed by atoms with Crippen molar-refractivity contribution in [3.8, 4) is 11.1 Å². The zero-order chi connectivity index (χ0) is 14.5. The average molecular weight is 258 g/mol. The third-order valence-electron chi connectivity index (χ3n) is 3.39. The Kier molecular flexibility index (Phi) is 4.17. The fourth-order valence-corrected chi connectivity index (χ4v) is 2.23. The van der Waals surface area contributed by atoms with Crippen molar-refractivity contribution in [2.24, 2.45) is 0 Å². The van der Waals surface area contributed by atoms with Gasteiger partial charge in [0.05, 0.1) is 0 Å². The molecule has 0 nitrogen and oxygen atoms in total. The van der Waals surface area contributed by atoms with Crippen LogP contribution in [0.3, 0.4) is 0 Å². The van der Waals surface area contributed by atoms with Gasteiger partial charge in [0.2, 0.25) is 0 Å². The van der Waals surface area contributed by atoms with Gasteiger partial charge in [-0.3, -0.25) is 0 Å². The molecule has 2 rings (SSSR count). The molecule has 0 atom stereocenters. The maximum atomic E-state index is 3.86. The van der Waals surface area contributed by atoms with E-state index in [-0.39, 0.29) is 0 Å². The topological polar surface area (TPSA) is 0 Å². The monoisotopic (exact) mass is 258 g/mol. The van der Waals surface area contributed by atoms with Gasteiger partial charge >= 0.3 is 0 Å². The molecule has 2 aromatic carbocycles. The first-order valence-corrected chi connectivity index (χ1v) is 6.51. The standard InChI is InChI=1S/C20H18/c1-5-15-9-11-19(13-17(15)7-3)20-12-10-16(6-2)18(8-4)14-20/h5-14H,1-4H2. The van der Waals surface area contributed by atoms with E-state index in [0.29, 0.717) is 0 Å². The zero-order valence-corrected chi connectivity index (χ0v) is 11.6. The number of benzene rings is 2. The molecular weight excluding hydrogens is 240 g/mol. The lowest BCUT2D eigenvalue weighted by atomic mass is 9.96. The maximum Gasteiger partial charge on any atom is -0.0177 e. The first-order chi connectivity index (χ1) is 9.73. The second-order valence-corrected chi connectivity index (χ2v) is 4.50. The van der Waals surface area contributed by atoms with E-state index in [9.17, 15) is 0 Å². The molecule has 0 aliphatic heterocycles. The highest BCUT2D eigenvalue weighted by atomic mass is 14.1. The summed E-state index contributed by atoms with van der Waals surface area (Å²) in [6, 6.07) is 12.6. The predicted molar refractivity (Wildman–Crippen MR) is 92.2 cm³/mol. The van der Waals surface area contributed by atoms with Crippen LogP contribution in [0.15, 0.2) is 62.7 Å². The molecule has 0 amide bonds. The smallest absolute Gasteiger partial charge is 0.0177 e. The third-order valence-corrected chi connectivity index (χ3v) is 3.39. The van der Waals surface area contributed by atoms with Crippen molar-refractivity contribution in [3.05, 3.63) is 85.0 Å². The molecule has 0 saturated carbocycles. The van der Waals surface area contributed by atoms with Gasteiger partial charge in [-0.1, -0.05) is 74.9 Å². The van der Waals surface area contributed by atoms with E-state index in [4.69, 9.17) is 0 Å². The highest BCUT2D eigenvalue weighted by Gasteiger charge is 2.04. The highest BCUT2D eigenvalue weighted by molar-refractivity contribution is 5.76. The van der Waals surface area contributed by atoms with Gasteiger partial charge in [0.25, 0.3) is 0 Å². The van der Waals surface area contributed by atoms with Crippen molar-refractivity contribution in [2.75, 3.05) is 0 Å². The van der Waals surface area contributed by atoms with E-state index in [1.165, 1.54) is 0 Å². The molecular formula is C20H18. The van der Waals surface area contributed by atoms with Crippen LogP contribution in [0.4, 0.5) is 0 Å². The average Bonchev–Trinajstić information content (AvgIpc) is 2.53. The van der Waals surface area contributed by atoms with E-state index in [0.717, 1.165) is 33.4 Å². The Bertz CT molecular complexity index is 626. The summed E-state index contributed by atoms with van der Waals surface area (Å²) in [4.78, 5) is 0. The van der Waals surface area contributed by atoms with Gasteiger partial charge in [-0.05, 0) is 45.5 Å². The molecule has 0 fully saturated rings. The van der Waals surface area contributed by atoms with Crippen LogP contribution in [0.2, 0.25) is 0 Å². The summed E-state index contributed by atoms with van der Waals surface area (Å²) in [6.07, 6.45) is 7.40. The van der Waals surface area contributed by atoms with Crippen molar-refractivity contribution in [1.29, 1.82) is 0 Å². The lowest BCUT2D eigenvalue weighted by molar-refractivity contribution is 1.55. The van der Waals surface area contributed by atoms with Crippen molar-refractivity contribution in [2.45, 2.75) is 0 Å². The summed E-state index contributed by atoms with van der Waals surface area (Å²) < 4.78 is 0.